The molecule has 3 N–H and O–H groups in total. The normalized spacial score (nSPS) is 13.0. The third-order valence-corrected chi connectivity index (χ3v) is 15.1. The molecule has 9 nitrogen and oxygen atoms in total. The van der Waals surface area contributed by atoms with Gasteiger partial charge in [0.05, 0.1) is 13.2 Å². The molecule has 0 amide bonds. The first kappa shape index (κ1) is 69.8. The van der Waals surface area contributed by atoms with Crippen LogP contribution in [0.1, 0.15) is 335 Å². The van der Waals surface area contributed by atoms with Gasteiger partial charge in [-0.2, -0.15) is 0 Å². The molecule has 0 spiro atoms. The largest absolute Gasteiger partial charge is 0.472 e. The topological polar surface area (TPSA) is 134 Å². The van der Waals surface area contributed by atoms with Crippen molar-refractivity contribution < 1.29 is 37.6 Å². The van der Waals surface area contributed by atoms with Gasteiger partial charge < -0.3 is 20.1 Å². The van der Waals surface area contributed by atoms with Crippen LogP contribution < -0.4 is 5.73 Å². The molecule has 422 valence electrons. The van der Waals surface area contributed by atoms with E-state index in [1.54, 1.807) is 0 Å². The van der Waals surface area contributed by atoms with Gasteiger partial charge in [-0.3, -0.25) is 18.6 Å². The molecule has 10 heteroatoms. The Morgan fingerprint density at radius 1 is 0.408 bits per heavy atom. The maximum absolute atomic E-state index is 12.7. The molecule has 0 heterocycles. The number of nitrogens with two attached hydrogens (primary N) is 1. The zero-order valence-electron chi connectivity index (χ0n) is 47.2. The average molecular weight is 1030 g/mol. The molecule has 0 radical (unpaired) electrons. The molecule has 0 aromatic carbocycles. The Balaban J connectivity index is 3.88. The van der Waals surface area contributed by atoms with E-state index in [0.717, 1.165) is 32.1 Å². The maximum atomic E-state index is 12.7. The van der Waals surface area contributed by atoms with E-state index in [0.29, 0.717) is 6.42 Å². The predicted octanol–water partition coefficient (Wildman–Crippen LogP) is 19.6. The molecule has 0 aliphatic heterocycles. The fraction of sp³-hybridized carbons (Fsp3) is 0.934. The number of carbonyl (C=O) groups is 2. The van der Waals surface area contributed by atoms with Crippen LogP contribution in [0.15, 0.2) is 12.2 Å². The molecular formula is C61H120NO8P. The first-order chi connectivity index (χ1) is 34.8. The Labute approximate surface area is 440 Å². The second-order valence-electron chi connectivity index (χ2n) is 21.3. The summed E-state index contributed by atoms with van der Waals surface area (Å²) in [5, 5.41) is 0. The van der Waals surface area contributed by atoms with Gasteiger partial charge in [-0.05, 0) is 38.5 Å². The molecule has 0 bridgehead atoms. The van der Waals surface area contributed by atoms with Crippen LogP contribution in [0.3, 0.4) is 0 Å². The van der Waals surface area contributed by atoms with Crippen molar-refractivity contribution in [2.24, 2.45) is 5.73 Å². The monoisotopic (exact) mass is 1030 g/mol. The van der Waals surface area contributed by atoms with Crippen LogP contribution in [0.25, 0.3) is 0 Å². The van der Waals surface area contributed by atoms with Crippen LogP contribution in [0.4, 0.5) is 0 Å². The smallest absolute Gasteiger partial charge is 0.462 e. The molecule has 0 aromatic heterocycles. The van der Waals surface area contributed by atoms with Crippen LogP contribution in [0, 0.1) is 0 Å². The van der Waals surface area contributed by atoms with Crippen molar-refractivity contribution in [3.8, 4) is 0 Å². The van der Waals surface area contributed by atoms with E-state index in [-0.39, 0.29) is 38.6 Å². The minimum Gasteiger partial charge on any atom is -0.462 e. The quantitative estimate of drug-likeness (QED) is 0.0264. The van der Waals surface area contributed by atoms with E-state index >= 15 is 0 Å². The summed E-state index contributed by atoms with van der Waals surface area (Å²) in [7, 11) is -4.38. The molecule has 71 heavy (non-hydrogen) atoms. The standard InChI is InChI=1S/C61H120NO8P/c1-3-5-7-9-11-13-15-17-19-21-23-25-27-28-29-30-32-34-36-38-40-42-44-46-48-50-52-54-61(64)70-59(58-69-71(65,66)68-56-55-62)57-67-60(63)53-51-49-47-45-43-41-39-37-35-33-31-26-24-22-20-18-16-14-12-10-8-6-4-2/h21,23,59H,3-20,22,24-58,62H2,1-2H3,(H,65,66)/b23-21-. The molecule has 0 saturated carbocycles. The fourth-order valence-electron chi connectivity index (χ4n) is 9.52. The molecule has 2 unspecified atom stereocenters. The molecule has 0 saturated heterocycles. The number of phosphoric ester groups is 1. The van der Waals surface area contributed by atoms with Gasteiger partial charge in [-0.15, -0.1) is 0 Å². The summed E-state index contributed by atoms with van der Waals surface area (Å²) in [5.74, 6) is -0.804. The molecule has 0 rings (SSSR count). The van der Waals surface area contributed by atoms with E-state index in [1.807, 2.05) is 0 Å². The van der Waals surface area contributed by atoms with Crippen molar-refractivity contribution in [3.63, 3.8) is 0 Å². The van der Waals surface area contributed by atoms with E-state index in [9.17, 15) is 19.0 Å². The van der Waals surface area contributed by atoms with Crippen molar-refractivity contribution in [2.75, 3.05) is 26.4 Å². The minimum atomic E-state index is -4.38. The highest BCUT2D eigenvalue weighted by Gasteiger charge is 2.26. The van der Waals surface area contributed by atoms with E-state index in [2.05, 4.69) is 26.0 Å². The van der Waals surface area contributed by atoms with Gasteiger partial charge in [0.25, 0.3) is 0 Å². The second-order valence-corrected chi connectivity index (χ2v) is 22.7. The molecule has 0 aliphatic rings. The third-order valence-electron chi connectivity index (χ3n) is 14.2. The van der Waals surface area contributed by atoms with Crippen LogP contribution in [-0.4, -0.2) is 49.3 Å². The van der Waals surface area contributed by atoms with Gasteiger partial charge in [0.2, 0.25) is 0 Å². The number of hydrogen-bond acceptors (Lipinski definition) is 8. The van der Waals surface area contributed by atoms with E-state index in [1.165, 1.54) is 270 Å². The number of ether oxygens (including phenoxy) is 2. The first-order valence-electron chi connectivity index (χ1n) is 31.2. The van der Waals surface area contributed by atoms with Gasteiger partial charge in [0.1, 0.15) is 6.61 Å². The summed E-state index contributed by atoms with van der Waals surface area (Å²) >= 11 is 0. The zero-order chi connectivity index (χ0) is 51.7. The number of phosphoric acid groups is 1. The summed E-state index contributed by atoms with van der Waals surface area (Å²) in [6, 6.07) is 0. The maximum Gasteiger partial charge on any atom is 0.472 e. The summed E-state index contributed by atoms with van der Waals surface area (Å²) in [6.45, 7) is 3.82. The number of rotatable bonds is 60. The van der Waals surface area contributed by atoms with Crippen LogP contribution in [0.2, 0.25) is 0 Å². The lowest BCUT2D eigenvalue weighted by atomic mass is 10.0. The van der Waals surface area contributed by atoms with Crippen molar-refractivity contribution >= 4 is 19.8 Å². The average Bonchev–Trinajstić information content (AvgIpc) is 3.36. The highest BCUT2D eigenvalue weighted by Crippen LogP contribution is 2.43. The van der Waals surface area contributed by atoms with Gasteiger partial charge in [0.15, 0.2) is 6.10 Å². The van der Waals surface area contributed by atoms with E-state index in [4.69, 9.17) is 24.3 Å². The van der Waals surface area contributed by atoms with Crippen LogP contribution in [-0.2, 0) is 32.7 Å². The lowest BCUT2D eigenvalue weighted by Gasteiger charge is -2.19. The second kappa shape index (κ2) is 58.0. The van der Waals surface area contributed by atoms with Crippen molar-refractivity contribution in [1.29, 1.82) is 0 Å². The van der Waals surface area contributed by atoms with Gasteiger partial charge >= 0.3 is 19.8 Å². The zero-order valence-corrected chi connectivity index (χ0v) is 48.1. The van der Waals surface area contributed by atoms with Crippen LogP contribution >= 0.6 is 7.82 Å². The van der Waals surface area contributed by atoms with Crippen molar-refractivity contribution in [2.45, 2.75) is 341 Å². The minimum absolute atomic E-state index is 0.0574. The molecule has 0 aliphatic carbocycles. The summed E-state index contributed by atoms with van der Waals surface area (Å²) in [4.78, 5) is 35.2. The highest BCUT2D eigenvalue weighted by atomic mass is 31.2. The van der Waals surface area contributed by atoms with Crippen LogP contribution in [0.5, 0.6) is 0 Å². The Morgan fingerprint density at radius 2 is 0.690 bits per heavy atom. The number of unbranched alkanes of at least 4 members (excludes halogenated alkanes) is 45. The predicted molar refractivity (Wildman–Crippen MR) is 303 cm³/mol. The number of allylic oxidation sites excluding steroid dienone is 2. The lowest BCUT2D eigenvalue weighted by molar-refractivity contribution is -0.161. The number of esters is 2. The summed E-state index contributed by atoms with van der Waals surface area (Å²) in [6.07, 6.45) is 67.1. The number of carbonyl (C=O) groups excluding carboxylic acids is 2. The Hall–Kier alpha value is -1.25. The summed E-state index contributed by atoms with van der Waals surface area (Å²) < 4.78 is 33.1. The van der Waals surface area contributed by atoms with Gasteiger partial charge in [-0.25, -0.2) is 4.57 Å². The van der Waals surface area contributed by atoms with Crippen molar-refractivity contribution in [3.05, 3.63) is 12.2 Å². The summed E-state index contributed by atoms with van der Waals surface area (Å²) in [5.41, 5.74) is 5.39. The molecule has 0 fully saturated rings. The van der Waals surface area contributed by atoms with Crippen molar-refractivity contribution in [1.82, 2.24) is 0 Å². The Kier molecular flexibility index (Phi) is 57.0. The third kappa shape index (κ3) is 57.9. The Bertz CT molecular complexity index is 1170. The van der Waals surface area contributed by atoms with E-state index < -0.39 is 26.5 Å². The highest BCUT2D eigenvalue weighted by molar-refractivity contribution is 7.47. The van der Waals surface area contributed by atoms with Gasteiger partial charge in [-0.1, -0.05) is 296 Å². The van der Waals surface area contributed by atoms with Gasteiger partial charge in [0, 0.05) is 19.4 Å². The fourth-order valence-corrected chi connectivity index (χ4v) is 10.3. The lowest BCUT2D eigenvalue weighted by Crippen LogP contribution is -2.29. The number of hydrogen-bond donors (Lipinski definition) is 2. The first-order valence-corrected chi connectivity index (χ1v) is 32.7. The SMILES string of the molecule is CCCCCCCCCC/C=C\CCCCCCCCCCCCCCCCCC(=O)OC(COC(=O)CCCCCCCCCCCCCCCCCCCCCCCCC)COP(=O)(O)OCCN. The molecule has 0 aromatic rings. The molecule has 2 atom stereocenters. The molecular weight excluding hydrogens is 906 g/mol. The Morgan fingerprint density at radius 3 is 1.00 bits per heavy atom.